The quantitative estimate of drug-likeness (QED) is 0.723. The molecule has 1 aromatic rings. The van der Waals surface area contributed by atoms with Gasteiger partial charge in [0.25, 0.3) is 5.91 Å². The second-order valence-electron chi connectivity index (χ2n) is 6.07. The van der Waals surface area contributed by atoms with Crippen LogP contribution < -0.4 is 10.6 Å². The van der Waals surface area contributed by atoms with Crippen LogP contribution in [-0.4, -0.2) is 10.9 Å². The van der Waals surface area contributed by atoms with E-state index in [-0.39, 0.29) is 11.8 Å². The van der Waals surface area contributed by atoms with E-state index in [1.54, 1.807) is 0 Å². The van der Waals surface area contributed by atoms with Crippen molar-refractivity contribution in [1.82, 2.24) is 5.32 Å². The summed E-state index contributed by atoms with van der Waals surface area (Å²) in [7, 11) is 0. The van der Waals surface area contributed by atoms with E-state index >= 15 is 0 Å². The third-order valence-electron chi connectivity index (χ3n) is 5.06. The molecule has 1 amide bonds. The number of rotatable bonds is 0. The fourth-order valence-corrected chi connectivity index (χ4v) is 4.47. The number of fused-ring (bicyclic) bond motifs is 4. The van der Waals surface area contributed by atoms with Crippen LogP contribution in [0.2, 0.25) is 0 Å². The second kappa shape index (κ2) is 4.65. The summed E-state index contributed by atoms with van der Waals surface area (Å²) in [6, 6.07) is 9.99. The number of anilines is 1. The van der Waals surface area contributed by atoms with Crippen LogP contribution in [0.1, 0.15) is 31.2 Å². The number of hydrogen-bond acceptors (Lipinski definition) is 3. The predicted octanol–water partition coefficient (Wildman–Crippen LogP) is 2.77. The highest BCUT2D eigenvalue weighted by atomic mass is 32.1. The molecule has 0 saturated heterocycles. The van der Waals surface area contributed by atoms with Gasteiger partial charge in [-0.25, -0.2) is 0 Å². The van der Waals surface area contributed by atoms with E-state index in [9.17, 15) is 10.1 Å². The predicted molar refractivity (Wildman–Crippen MR) is 87.1 cm³/mol. The standard InChI is InChI=1S/C17H15N3OS/c18-9-11-10-5-1-2-6-12(10)17(20-15(11)22)13-7-3-4-8-14(13)19-16(17)21/h3-4,7-8,12H,1-2,5-6H2,(H,19,21)(H,20,22)/t12-,17-/m1/s1. The molecule has 5 heteroatoms. The largest absolute Gasteiger partial charge is 0.357 e. The molecule has 0 radical (unpaired) electrons. The number of thiocarbonyl (C=S) groups is 1. The monoisotopic (exact) mass is 309 g/mol. The molecule has 1 aliphatic carbocycles. The van der Waals surface area contributed by atoms with Crippen LogP contribution in [0.15, 0.2) is 35.4 Å². The summed E-state index contributed by atoms with van der Waals surface area (Å²) < 4.78 is 0. The molecule has 1 saturated carbocycles. The van der Waals surface area contributed by atoms with Gasteiger partial charge in [-0.15, -0.1) is 0 Å². The number of nitriles is 1. The van der Waals surface area contributed by atoms with Crippen LogP contribution in [0.3, 0.4) is 0 Å². The minimum absolute atomic E-state index is 0.00579. The zero-order chi connectivity index (χ0) is 15.3. The van der Waals surface area contributed by atoms with Crippen LogP contribution in [0.25, 0.3) is 0 Å². The highest BCUT2D eigenvalue weighted by Gasteiger charge is 2.56. The van der Waals surface area contributed by atoms with Gasteiger partial charge in [-0.1, -0.05) is 36.8 Å². The Bertz CT molecular complexity index is 776. The molecule has 4 rings (SSSR count). The second-order valence-corrected chi connectivity index (χ2v) is 6.48. The van der Waals surface area contributed by atoms with E-state index in [4.69, 9.17) is 12.2 Å². The first-order chi connectivity index (χ1) is 10.7. The van der Waals surface area contributed by atoms with Gasteiger partial charge in [-0.2, -0.15) is 5.26 Å². The molecular weight excluding hydrogens is 294 g/mol. The molecule has 110 valence electrons. The highest BCUT2D eigenvalue weighted by Crippen LogP contribution is 2.51. The van der Waals surface area contributed by atoms with Crippen molar-refractivity contribution in [2.24, 2.45) is 5.92 Å². The maximum Gasteiger partial charge on any atom is 0.255 e. The first-order valence-electron chi connectivity index (χ1n) is 7.55. The summed E-state index contributed by atoms with van der Waals surface area (Å²) in [6.45, 7) is 0. The number of carbonyl (C=O) groups is 1. The van der Waals surface area contributed by atoms with Gasteiger partial charge in [-0.3, -0.25) is 4.79 Å². The fraction of sp³-hybridized carbons (Fsp3) is 0.353. The van der Waals surface area contributed by atoms with E-state index in [1.165, 1.54) is 0 Å². The lowest BCUT2D eigenvalue weighted by molar-refractivity contribution is -0.123. The van der Waals surface area contributed by atoms with Crippen molar-refractivity contribution >= 4 is 28.8 Å². The third kappa shape index (κ3) is 1.56. The van der Waals surface area contributed by atoms with Gasteiger partial charge in [-0.05, 0) is 30.9 Å². The lowest BCUT2D eigenvalue weighted by Crippen LogP contribution is -2.59. The average Bonchev–Trinajstić information content (AvgIpc) is 2.81. The summed E-state index contributed by atoms with van der Waals surface area (Å²) in [5.74, 6) is -0.0521. The Morgan fingerprint density at radius 2 is 2.14 bits per heavy atom. The van der Waals surface area contributed by atoms with Gasteiger partial charge >= 0.3 is 0 Å². The molecule has 1 aromatic carbocycles. The normalized spacial score (nSPS) is 29.5. The molecule has 2 atom stereocenters. The lowest BCUT2D eigenvalue weighted by atomic mass is 9.65. The zero-order valence-electron chi connectivity index (χ0n) is 12.0. The van der Waals surface area contributed by atoms with Crippen molar-refractivity contribution in [2.75, 3.05) is 5.32 Å². The number of nitrogens with zero attached hydrogens (tertiary/aromatic N) is 1. The van der Waals surface area contributed by atoms with Crippen LogP contribution in [0.4, 0.5) is 5.69 Å². The fourth-order valence-electron chi connectivity index (χ4n) is 4.14. The number of benzene rings is 1. The lowest BCUT2D eigenvalue weighted by Gasteiger charge is -2.44. The number of carbonyl (C=O) groups excluding carboxylic acids is 1. The van der Waals surface area contributed by atoms with Gasteiger partial charge in [0.1, 0.15) is 11.1 Å². The van der Waals surface area contributed by atoms with Crippen LogP contribution in [0.5, 0.6) is 0 Å². The first kappa shape index (κ1) is 13.5. The molecule has 3 aliphatic rings. The molecule has 4 nitrogen and oxygen atoms in total. The van der Waals surface area contributed by atoms with Gasteiger partial charge in [0, 0.05) is 17.2 Å². The van der Waals surface area contributed by atoms with E-state index in [0.29, 0.717) is 10.6 Å². The number of hydrogen-bond donors (Lipinski definition) is 2. The molecule has 1 spiro atoms. The smallest absolute Gasteiger partial charge is 0.255 e. The molecule has 2 N–H and O–H groups in total. The first-order valence-corrected chi connectivity index (χ1v) is 7.96. The summed E-state index contributed by atoms with van der Waals surface area (Å²) in [5.41, 5.74) is 2.58. The van der Waals surface area contributed by atoms with Gasteiger partial charge < -0.3 is 10.6 Å². The van der Waals surface area contributed by atoms with E-state index in [2.05, 4.69) is 16.7 Å². The Hall–Kier alpha value is -2.19. The molecule has 0 aromatic heterocycles. The maximum atomic E-state index is 12.9. The van der Waals surface area contributed by atoms with E-state index in [1.807, 2.05) is 24.3 Å². The highest BCUT2D eigenvalue weighted by molar-refractivity contribution is 7.80. The van der Waals surface area contributed by atoms with Gasteiger partial charge in [0.2, 0.25) is 0 Å². The number of nitrogens with one attached hydrogen (secondary N) is 2. The van der Waals surface area contributed by atoms with Gasteiger partial charge in [0.15, 0.2) is 5.54 Å². The zero-order valence-corrected chi connectivity index (χ0v) is 12.8. The SMILES string of the molecule is N#CC1=C2CCCC[C@H]2[C@]2(NC1=S)C(=O)Nc1ccccc12. The maximum absolute atomic E-state index is 12.9. The average molecular weight is 309 g/mol. The molecular formula is C17H15N3OS. The Balaban J connectivity index is 1.97. The van der Waals surface area contributed by atoms with Crippen LogP contribution >= 0.6 is 12.2 Å². The molecule has 0 bridgehead atoms. The number of amides is 1. The molecule has 2 aliphatic heterocycles. The molecule has 1 fully saturated rings. The van der Waals surface area contributed by atoms with Crippen molar-refractivity contribution in [1.29, 1.82) is 5.26 Å². The Labute approximate surface area is 134 Å². The Kier molecular flexibility index (Phi) is 2.85. The van der Waals surface area contributed by atoms with Crippen molar-refractivity contribution in [3.63, 3.8) is 0 Å². The summed E-state index contributed by atoms with van der Waals surface area (Å²) in [5, 5.41) is 15.7. The van der Waals surface area contributed by atoms with Crippen molar-refractivity contribution in [2.45, 2.75) is 31.2 Å². The Morgan fingerprint density at radius 3 is 2.95 bits per heavy atom. The Morgan fingerprint density at radius 1 is 1.32 bits per heavy atom. The van der Waals surface area contributed by atoms with Crippen LogP contribution in [-0.2, 0) is 10.3 Å². The van der Waals surface area contributed by atoms with Crippen molar-refractivity contribution in [3.05, 3.63) is 41.0 Å². The van der Waals surface area contributed by atoms with Crippen molar-refractivity contribution in [3.8, 4) is 6.07 Å². The molecule has 0 unspecified atom stereocenters. The summed E-state index contributed by atoms with van der Waals surface area (Å²) in [6.07, 6.45) is 3.88. The number of para-hydroxylation sites is 1. The molecule has 2 heterocycles. The van der Waals surface area contributed by atoms with E-state index in [0.717, 1.165) is 42.5 Å². The van der Waals surface area contributed by atoms with Crippen LogP contribution in [0, 0.1) is 17.2 Å². The topological polar surface area (TPSA) is 64.9 Å². The third-order valence-corrected chi connectivity index (χ3v) is 5.37. The summed E-state index contributed by atoms with van der Waals surface area (Å²) >= 11 is 5.41. The van der Waals surface area contributed by atoms with Crippen molar-refractivity contribution < 1.29 is 4.79 Å². The van der Waals surface area contributed by atoms with E-state index < -0.39 is 5.54 Å². The minimum atomic E-state index is -0.843. The minimum Gasteiger partial charge on any atom is -0.357 e. The summed E-state index contributed by atoms with van der Waals surface area (Å²) in [4.78, 5) is 13.3. The molecule has 22 heavy (non-hydrogen) atoms. The van der Waals surface area contributed by atoms with Gasteiger partial charge in [0.05, 0.1) is 5.57 Å².